The minimum absolute atomic E-state index is 0.107. The van der Waals surface area contributed by atoms with Crippen LogP contribution in [0.15, 0.2) is 41.8 Å². The van der Waals surface area contributed by atoms with E-state index in [9.17, 15) is 14.7 Å². The van der Waals surface area contributed by atoms with Crippen molar-refractivity contribution in [3.8, 4) is 17.0 Å². The monoisotopic (exact) mass is 588 g/mol. The molecule has 222 valence electrons. The minimum Gasteiger partial charge on any atom is -0.488 e. The van der Waals surface area contributed by atoms with Gasteiger partial charge in [-0.2, -0.15) is 0 Å². The van der Waals surface area contributed by atoms with E-state index in [4.69, 9.17) is 9.72 Å². The fourth-order valence-corrected chi connectivity index (χ4v) is 7.81. The Balaban J connectivity index is 1.14. The van der Waals surface area contributed by atoms with E-state index in [1.165, 1.54) is 11.1 Å². The number of carboxylic acids is 1. The lowest BCUT2D eigenvalue weighted by atomic mass is 9.85. The number of aryl methyl sites for hydroxylation is 2. The first-order valence-corrected chi connectivity index (χ1v) is 15.8. The van der Waals surface area contributed by atoms with Crippen LogP contribution in [0.1, 0.15) is 42.0 Å². The minimum atomic E-state index is -0.644. The molecule has 3 atom stereocenters. The molecule has 1 saturated carbocycles. The summed E-state index contributed by atoms with van der Waals surface area (Å²) >= 11 is 1.62. The van der Waals surface area contributed by atoms with E-state index in [0.29, 0.717) is 6.61 Å². The number of likely N-dealkylation sites (N-methyl/N-ethyl adjacent to an activating group) is 1. The maximum Gasteiger partial charge on any atom is 0.307 e. The Labute approximate surface area is 251 Å². The summed E-state index contributed by atoms with van der Waals surface area (Å²) in [4.78, 5) is 35.5. The van der Waals surface area contributed by atoms with Crippen LogP contribution in [0, 0.1) is 31.6 Å². The Kier molecular flexibility index (Phi) is 7.98. The van der Waals surface area contributed by atoms with Crippen molar-refractivity contribution in [2.24, 2.45) is 17.8 Å². The van der Waals surface area contributed by atoms with Gasteiger partial charge >= 0.3 is 5.97 Å². The van der Waals surface area contributed by atoms with Gasteiger partial charge in [0.15, 0.2) is 5.13 Å². The number of carbonyl (C=O) groups excluding carboxylic acids is 1. The molecule has 3 aromatic rings. The maximum atomic E-state index is 12.4. The average molecular weight is 589 g/mol. The number of nitrogens with zero attached hydrogens (tertiary/aromatic N) is 4. The number of anilines is 1. The van der Waals surface area contributed by atoms with E-state index in [2.05, 4.69) is 59.4 Å². The van der Waals surface area contributed by atoms with Gasteiger partial charge in [-0.3, -0.25) is 14.5 Å². The van der Waals surface area contributed by atoms with Crippen molar-refractivity contribution in [3.63, 3.8) is 0 Å². The molecule has 0 radical (unpaired) electrons. The van der Waals surface area contributed by atoms with Crippen molar-refractivity contribution in [2.75, 3.05) is 38.1 Å². The number of aromatic nitrogens is 1. The highest BCUT2D eigenvalue weighted by molar-refractivity contribution is 7.14. The first-order valence-electron chi connectivity index (χ1n) is 14.9. The van der Waals surface area contributed by atoms with E-state index in [1.807, 2.05) is 24.9 Å². The molecule has 1 aliphatic carbocycles. The molecule has 0 spiro atoms. The van der Waals surface area contributed by atoms with Crippen LogP contribution in [0.2, 0.25) is 0 Å². The van der Waals surface area contributed by atoms with Gasteiger partial charge in [0, 0.05) is 50.7 Å². The van der Waals surface area contributed by atoms with Gasteiger partial charge in [0.2, 0.25) is 5.91 Å². The quantitative estimate of drug-likeness (QED) is 0.386. The Morgan fingerprint density at radius 2 is 1.86 bits per heavy atom. The number of aliphatic carboxylic acids is 1. The molecule has 2 saturated heterocycles. The first-order chi connectivity index (χ1) is 20.2. The van der Waals surface area contributed by atoms with Crippen LogP contribution in [0.3, 0.4) is 0 Å². The number of ether oxygens (including phenoxy) is 1. The van der Waals surface area contributed by atoms with Crippen molar-refractivity contribution in [2.45, 2.75) is 52.8 Å². The summed E-state index contributed by atoms with van der Waals surface area (Å²) in [5, 5.41) is 12.7. The summed E-state index contributed by atoms with van der Waals surface area (Å²) in [6, 6.07) is 12.6. The molecule has 8 nitrogen and oxygen atoms in total. The van der Waals surface area contributed by atoms with Gasteiger partial charge < -0.3 is 19.6 Å². The third-order valence-corrected chi connectivity index (χ3v) is 10.4. The fourth-order valence-electron chi connectivity index (χ4n) is 6.97. The van der Waals surface area contributed by atoms with Crippen LogP contribution >= 0.6 is 11.3 Å². The highest BCUT2D eigenvalue weighted by Gasteiger charge is 2.46. The molecule has 9 heteroatoms. The number of hydrogen-bond acceptors (Lipinski definition) is 7. The number of amides is 1. The van der Waals surface area contributed by atoms with Gasteiger partial charge in [0.25, 0.3) is 0 Å². The lowest BCUT2D eigenvalue weighted by Gasteiger charge is -2.37. The fraction of sp³-hybridized carbons (Fsp3) is 0.485. The predicted molar refractivity (Wildman–Crippen MR) is 165 cm³/mol. The van der Waals surface area contributed by atoms with Gasteiger partial charge in [-0.1, -0.05) is 29.8 Å². The lowest BCUT2D eigenvalue weighted by molar-refractivity contribution is -0.145. The number of piperazine rings is 1. The van der Waals surface area contributed by atoms with E-state index in [0.717, 1.165) is 78.8 Å². The van der Waals surface area contributed by atoms with Crippen molar-refractivity contribution < 1.29 is 19.4 Å². The van der Waals surface area contributed by atoms with Crippen LogP contribution in [0.4, 0.5) is 5.13 Å². The average Bonchev–Trinajstić information content (AvgIpc) is 3.56. The van der Waals surface area contributed by atoms with Gasteiger partial charge in [-0.05, 0) is 74.3 Å². The van der Waals surface area contributed by atoms with Crippen molar-refractivity contribution in [1.82, 2.24) is 14.8 Å². The van der Waals surface area contributed by atoms with Crippen LogP contribution in [0.25, 0.3) is 11.3 Å². The summed E-state index contributed by atoms with van der Waals surface area (Å²) < 4.78 is 6.41. The number of carboxylic acid groups (broad SMARTS) is 1. The molecule has 6 rings (SSSR count). The molecule has 3 heterocycles. The Morgan fingerprint density at radius 3 is 2.57 bits per heavy atom. The normalized spacial score (nSPS) is 24.3. The highest BCUT2D eigenvalue weighted by Crippen LogP contribution is 2.44. The van der Waals surface area contributed by atoms with E-state index >= 15 is 0 Å². The van der Waals surface area contributed by atoms with Crippen LogP contribution in [-0.4, -0.2) is 71.0 Å². The van der Waals surface area contributed by atoms with Gasteiger partial charge in [0.05, 0.1) is 17.7 Å². The van der Waals surface area contributed by atoms with Crippen LogP contribution < -0.4 is 9.64 Å². The molecule has 2 aliphatic heterocycles. The zero-order valence-corrected chi connectivity index (χ0v) is 25.7. The number of hydrogen-bond donors (Lipinski definition) is 1. The Morgan fingerprint density at radius 1 is 1.10 bits per heavy atom. The third kappa shape index (κ3) is 5.64. The van der Waals surface area contributed by atoms with Crippen molar-refractivity contribution in [3.05, 3.63) is 64.0 Å². The van der Waals surface area contributed by atoms with Crippen molar-refractivity contribution in [1.29, 1.82) is 0 Å². The standard InChI is InChI=1S/C33H40N4O4S/c1-20-5-10-29(41-18-26-7-6-23(14-21(26)2)15-36-12-11-35(4)31(38)22(36)3)27(13-20)28-19-42-33(34-28)37-16-24-8-9-25(17-37)30(24)32(39)40/h5-7,10,13-14,19,22,24-25,30H,8-9,11-12,15-18H2,1-4H3,(H,39,40). The third-order valence-electron chi connectivity index (χ3n) is 9.47. The second-order valence-electron chi connectivity index (χ2n) is 12.3. The number of fused-ring (bicyclic) bond motifs is 2. The topological polar surface area (TPSA) is 86.2 Å². The van der Waals surface area contributed by atoms with Crippen LogP contribution in [0.5, 0.6) is 5.75 Å². The predicted octanol–water partition coefficient (Wildman–Crippen LogP) is 5.22. The van der Waals surface area contributed by atoms with E-state index in [-0.39, 0.29) is 29.7 Å². The van der Waals surface area contributed by atoms with Gasteiger partial charge in [-0.15, -0.1) is 11.3 Å². The molecule has 3 aliphatic rings. The smallest absolute Gasteiger partial charge is 0.307 e. The van der Waals surface area contributed by atoms with Gasteiger partial charge in [0.1, 0.15) is 12.4 Å². The number of piperidine rings is 1. The highest BCUT2D eigenvalue weighted by atomic mass is 32.1. The second-order valence-corrected chi connectivity index (χ2v) is 13.2. The summed E-state index contributed by atoms with van der Waals surface area (Å²) in [6.45, 7) is 10.6. The molecule has 1 aromatic heterocycles. The molecule has 2 bridgehead atoms. The summed E-state index contributed by atoms with van der Waals surface area (Å²) in [5.41, 5.74) is 6.51. The number of carbonyl (C=O) groups is 2. The second kappa shape index (κ2) is 11.7. The molecule has 1 amide bonds. The SMILES string of the molecule is Cc1ccc(OCc2ccc(CN3CCN(C)C(=O)C3C)cc2C)c(-c2csc(N3CC4CCC(C3)C4C(=O)O)n2)c1. The Bertz CT molecular complexity index is 1470. The molecule has 42 heavy (non-hydrogen) atoms. The zero-order valence-electron chi connectivity index (χ0n) is 24.9. The number of thiazole rings is 1. The molecular weight excluding hydrogens is 548 g/mol. The molecular formula is C33H40N4O4S. The Hall–Kier alpha value is -3.43. The summed E-state index contributed by atoms with van der Waals surface area (Å²) in [7, 11) is 1.87. The number of benzene rings is 2. The van der Waals surface area contributed by atoms with Gasteiger partial charge in [-0.25, -0.2) is 4.98 Å². The van der Waals surface area contributed by atoms with Crippen LogP contribution in [-0.2, 0) is 22.7 Å². The number of rotatable bonds is 8. The zero-order chi connectivity index (χ0) is 29.5. The summed E-state index contributed by atoms with van der Waals surface area (Å²) in [6.07, 6.45) is 1.97. The molecule has 2 aromatic carbocycles. The lowest BCUT2D eigenvalue weighted by Crippen LogP contribution is -2.53. The molecule has 3 fully saturated rings. The molecule has 3 unspecified atom stereocenters. The summed E-state index contributed by atoms with van der Waals surface area (Å²) in [5.74, 6) is 0.528. The largest absolute Gasteiger partial charge is 0.488 e. The van der Waals surface area contributed by atoms with E-state index in [1.54, 1.807) is 11.3 Å². The first kappa shape index (κ1) is 28.7. The molecule has 1 N–H and O–H groups in total. The maximum absolute atomic E-state index is 12.4. The van der Waals surface area contributed by atoms with Crippen molar-refractivity contribution >= 4 is 28.3 Å². The van der Waals surface area contributed by atoms with E-state index < -0.39 is 5.97 Å².